The van der Waals surface area contributed by atoms with Gasteiger partial charge in [-0.05, 0) is 30.9 Å². The van der Waals surface area contributed by atoms with Crippen molar-refractivity contribution in [1.29, 1.82) is 0 Å². The van der Waals surface area contributed by atoms with E-state index in [2.05, 4.69) is 5.32 Å². The summed E-state index contributed by atoms with van der Waals surface area (Å²) in [6.07, 6.45) is 1.86. The summed E-state index contributed by atoms with van der Waals surface area (Å²) in [5.74, 6) is -0.256. The van der Waals surface area contributed by atoms with Gasteiger partial charge in [-0.2, -0.15) is 0 Å². The number of oxazole rings is 1. The number of para-hydroxylation sites is 2. The zero-order valence-corrected chi connectivity index (χ0v) is 12.9. The minimum atomic E-state index is -0.418. The molecule has 2 amide bonds. The van der Waals surface area contributed by atoms with Gasteiger partial charge >= 0.3 is 11.8 Å². The summed E-state index contributed by atoms with van der Waals surface area (Å²) in [7, 11) is 0. The van der Waals surface area contributed by atoms with Crippen molar-refractivity contribution in [2.24, 2.45) is 5.92 Å². The summed E-state index contributed by atoms with van der Waals surface area (Å²) in [4.78, 5) is 25.7. The summed E-state index contributed by atoms with van der Waals surface area (Å²) < 4.78 is 6.67. The Morgan fingerprint density at radius 2 is 2.22 bits per heavy atom. The molecule has 2 heterocycles. The summed E-state index contributed by atoms with van der Waals surface area (Å²) in [6.45, 7) is 2.11. The number of carbonyl (C=O) groups is 1. The van der Waals surface area contributed by atoms with E-state index in [4.69, 9.17) is 4.42 Å². The SMILES string of the molecule is O=C(NCCn1c(=O)oc2ccccc21)N1CCCC(CO)C1. The van der Waals surface area contributed by atoms with Crippen LogP contribution in [0.5, 0.6) is 0 Å². The van der Waals surface area contributed by atoms with Crippen molar-refractivity contribution in [3.05, 3.63) is 34.8 Å². The Balaban J connectivity index is 1.57. The third-order valence-electron chi connectivity index (χ3n) is 4.25. The van der Waals surface area contributed by atoms with Crippen molar-refractivity contribution in [2.45, 2.75) is 19.4 Å². The molecule has 1 aliphatic rings. The maximum absolute atomic E-state index is 12.2. The standard InChI is InChI=1S/C16H21N3O4/c20-11-12-4-3-8-18(10-12)15(21)17-7-9-19-13-5-1-2-6-14(13)23-16(19)22/h1-2,5-6,12,20H,3-4,7-11H2,(H,17,21). The number of amides is 2. The highest BCUT2D eigenvalue weighted by atomic mass is 16.4. The molecular formula is C16H21N3O4. The largest absolute Gasteiger partial charge is 0.420 e. The lowest BCUT2D eigenvalue weighted by Gasteiger charge is -2.31. The van der Waals surface area contributed by atoms with Gasteiger partial charge in [0.25, 0.3) is 0 Å². The van der Waals surface area contributed by atoms with E-state index in [1.807, 2.05) is 18.2 Å². The zero-order valence-electron chi connectivity index (χ0n) is 12.9. The fourth-order valence-corrected chi connectivity index (χ4v) is 3.01. The molecule has 1 saturated heterocycles. The maximum atomic E-state index is 12.2. The van der Waals surface area contributed by atoms with Crippen LogP contribution in [0.1, 0.15) is 12.8 Å². The Labute approximate surface area is 133 Å². The third kappa shape index (κ3) is 3.39. The number of nitrogens with one attached hydrogen (secondary N) is 1. The van der Waals surface area contributed by atoms with Crippen LogP contribution >= 0.6 is 0 Å². The molecule has 2 aromatic rings. The molecule has 7 nitrogen and oxygen atoms in total. The number of rotatable bonds is 4. The number of fused-ring (bicyclic) bond motifs is 1. The van der Waals surface area contributed by atoms with Crippen LogP contribution in [0.3, 0.4) is 0 Å². The molecule has 7 heteroatoms. The summed E-state index contributed by atoms with van der Waals surface area (Å²) >= 11 is 0. The normalized spacial score (nSPS) is 18.3. The molecule has 23 heavy (non-hydrogen) atoms. The van der Waals surface area contributed by atoms with Crippen LogP contribution in [0.25, 0.3) is 11.1 Å². The molecule has 1 atom stereocenters. The fraction of sp³-hybridized carbons (Fsp3) is 0.500. The van der Waals surface area contributed by atoms with E-state index in [9.17, 15) is 14.7 Å². The zero-order chi connectivity index (χ0) is 16.2. The maximum Gasteiger partial charge on any atom is 0.420 e. The number of likely N-dealkylation sites (tertiary alicyclic amines) is 1. The molecule has 0 radical (unpaired) electrons. The van der Waals surface area contributed by atoms with Crippen LogP contribution in [0.4, 0.5) is 4.79 Å². The van der Waals surface area contributed by atoms with Gasteiger partial charge in [-0.1, -0.05) is 12.1 Å². The molecule has 1 unspecified atom stereocenters. The molecule has 1 aromatic heterocycles. The van der Waals surface area contributed by atoms with E-state index in [0.717, 1.165) is 18.4 Å². The number of aliphatic hydroxyl groups is 1. The highest BCUT2D eigenvalue weighted by Crippen LogP contribution is 2.15. The van der Waals surface area contributed by atoms with E-state index < -0.39 is 5.76 Å². The smallest absolute Gasteiger partial charge is 0.408 e. The highest BCUT2D eigenvalue weighted by Gasteiger charge is 2.22. The average molecular weight is 319 g/mol. The molecule has 124 valence electrons. The number of hydrogen-bond donors (Lipinski definition) is 2. The second-order valence-corrected chi connectivity index (χ2v) is 5.86. The predicted molar refractivity (Wildman–Crippen MR) is 85.3 cm³/mol. The second-order valence-electron chi connectivity index (χ2n) is 5.86. The molecule has 2 N–H and O–H groups in total. The van der Waals surface area contributed by atoms with E-state index in [1.165, 1.54) is 4.57 Å². The summed E-state index contributed by atoms with van der Waals surface area (Å²) in [5.41, 5.74) is 1.27. The molecule has 0 aliphatic carbocycles. The first kappa shape index (κ1) is 15.6. The molecule has 0 spiro atoms. The van der Waals surface area contributed by atoms with Crippen molar-refractivity contribution in [3.8, 4) is 0 Å². The van der Waals surface area contributed by atoms with Crippen LogP contribution in [0.15, 0.2) is 33.5 Å². The Morgan fingerprint density at radius 3 is 3.04 bits per heavy atom. The monoisotopic (exact) mass is 319 g/mol. The van der Waals surface area contributed by atoms with Gasteiger partial charge in [0.1, 0.15) is 0 Å². The van der Waals surface area contributed by atoms with Gasteiger partial charge in [-0.15, -0.1) is 0 Å². The Bertz CT molecular complexity index is 736. The molecular weight excluding hydrogens is 298 g/mol. The fourth-order valence-electron chi connectivity index (χ4n) is 3.01. The van der Waals surface area contributed by atoms with Crippen molar-refractivity contribution >= 4 is 17.1 Å². The molecule has 1 aliphatic heterocycles. The minimum Gasteiger partial charge on any atom is -0.408 e. The van der Waals surface area contributed by atoms with Gasteiger partial charge in [-0.25, -0.2) is 9.59 Å². The first-order valence-electron chi connectivity index (χ1n) is 7.91. The lowest BCUT2D eigenvalue weighted by molar-refractivity contribution is 0.129. The van der Waals surface area contributed by atoms with Gasteiger partial charge in [0.15, 0.2) is 5.58 Å². The number of benzene rings is 1. The van der Waals surface area contributed by atoms with Crippen LogP contribution in [-0.2, 0) is 6.54 Å². The first-order chi connectivity index (χ1) is 11.2. The average Bonchev–Trinajstić information content (AvgIpc) is 2.90. The van der Waals surface area contributed by atoms with E-state index in [1.54, 1.807) is 11.0 Å². The molecule has 1 aromatic carbocycles. The third-order valence-corrected chi connectivity index (χ3v) is 4.25. The van der Waals surface area contributed by atoms with Crippen LogP contribution < -0.4 is 11.1 Å². The molecule has 1 fully saturated rings. The van der Waals surface area contributed by atoms with Gasteiger partial charge < -0.3 is 19.7 Å². The van der Waals surface area contributed by atoms with Crippen molar-refractivity contribution in [3.63, 3.8) is 0 Å². The second kappa shape index (κ2) is 6.87. The van der Waals surface area contributed by atoms with Gasteiger partial charge in [0.2, 0.25) is 0 Å². The van der Waals surface area contributed by atoms with Crippen LogP contribution in [-0.4, -0.2) is 46.8 Å². The Kier molecular flexibility index (Phi) is 4.66. The van der Waals surface area contributed by atoms with Crippen LogP contribution in [0.2, 0.25) is 0 Å². The van der Waals surface area contributed by atoms with Gasteiger partial charge in [-0.3, -0.25) is 4.57 Å². The number of aromatic nitrogens is 1. The van der Waals surface area contributed by atoms with Crippen molar-refractivity contribution < 1.29 is 14.3 Å². The number of aliphatic hydroxyl groups excluding tert-OH is 1. The summed E-state index contributed by atoms with van der Waals surface area (Å²) in [5, 5.41) is 12.0. The topological polar surface area (TPSA) is 87.7 Å². The quantitative estimate of drug-likeness (QED) is 0.880. The lowest BCUT2D eigenvalue weighted by atomic mass is 9.99. The van der Waals surface area contributed by atoms with Crippen molar-refractivity contribution in [1.82, 2.24) is 14.8 Å². The van der Waals surface area contributed by atoms with E-state index >= 15 is 0 Å². The van der Waals surface area contributed by atoms with E-state index in [-0.39, 0.29) is 18.6 Å². The van der Waals surface area contributed by atoms with Gasteiger partial charge in [0, 0.05) is 32.8 Å². The predicted octanol–water partition coefficient (Wildman–Crippen LogP) is 1.01. The van der Waals surface area contributed by atoms with Crippen molar-refractivity contribution in [2.75, 3.05) is 26.2 Å². The Hall–Kier alpha value is -2.28. The molecule has 0 saturated carbocycles. The number of hydrogen-bond acceptors (Lipinski definition) is 4. The lowest BCUT2D eigenvalue weighted by Crippen LogP contribution is -2.47. The summed E-state index contributed by atoms with van der Waals surface area (Å²) in [6, 6.07) is 7.07. The number of nitrogens with zero attached hydrogens (tertiary/aromatic N) is 2. The molecule has 0 bridgehead atoms. The minimum absolute atomic E-state index is 0.111. The number of urea groups is 1. The highest BCUT2D eigenvalue weighted by molar-refractivity contribution is 5.74. The number of carbonyl (C=O) groups excluding carboxylic acids is 1. The Morgan fingerprint density at radius 1 is 1.39 bits per heavy atom. The molecule has 3 rings (SSSR count). The van der Waals surface area contributed by atoms with E-state index in [0.29, 0.717) is 31.8 Å². The first-order valence-corrected chi connectivity index (χ1v) is 7.91. The van der Waals surface area contributed by atoms with Crippen LogP contribution in [0, 0.1) is 5.92 Å². The number of piperidine rings is 1. The van der Waals surface area contributed by atoms with Gasteiger partial charge in [0.05, 0.1) is 5.52 Å².